The molecule has 0 unspecified atom stereocenters. The van der Waals surface area contributed by atoms with E-state index in [0.717, 1.165) is 22.0 Å². The summed E-state index contributed by atoms with van der Waals surface area (Å²) in [5, 5.41) is 17.0. The highest BCUT2D eigenvalue weighted by atomic mass is 35.5. The number of nitrogens with one attached hydrogen (secondary N) is 3. The molecule has 0 bridgehead atoms. The van der Waals surface area contributed by atoms with Gasteiger partial charge >= 0.3 is 0 Å². The summed E-state index contributed by atoms with van der Waals surface area (Å²) in [5.74, 6) is 0.604. The van der Waals surface area contributed by atoms with Gasteiger partial charge in [0, 0.05) is 28.2 Å². The van der Waals surface area contributed by atoms with E-state index in [2.05, 4.69) is 20.3 Å². The number of guanidine groups is 1. The maximum atomic E-state index is 10.0. The number of halogens is 1. The van der Waals surface area contributed by atoms with Gasteiger partial charge in [0.15, 0.2) is 0 Å². The molecular weight excluding hydrogens is 368 g/mol. The number of fused-ring (bicyclic) bond motifs is 1. The van der Waals surface area contributed by atoms with E-state index in [9.17, 15) is 5.11 Å². The van der Waals surface area contributed by atoms with Gasteiger partial charge in [-0.15, -0.1) is 0 Å². The number of phenolic OH excluding ortho intramolecular Hbond substituents is 1. The Morgan fingerprint density at radius 1 is 0.885 bits per heavy atom. The molecule has 26 heavy (non-hydrogen) atoms. The molecule has 0 aromatic heterocycles. The van der Waals surface area contributed by atoms with Gasteiger partial charge in [0.1, 0.15) is 11.4 Å². The lowest BCUT2D eigenvalue weighted by atomic mass is 10.2. The summed E-state index contributed by atoms with van der Waals surface area (Å²) < 4.78 is 3.10. The van der Waals surface area contributed by atoms with Crippen LogP contribution in [0, 0.1) is 0 Å². The molecule has 3 aromatic rings. The molecule has 0 saturated heterocycles. The van der Waals surface area contributed by atoms with Crippen molar-refractivity contribution in [3.63, 3.8) is 0 Å². The summed E-state index contributed by atoms with van der Waals surface area (Å²) in [7, 11) is 0. The van der Waals surface area contributed by atoms with Crippen LogP contribution in [0.25, 0.3) is 0 Å². The van der Waals surface area contributed by atoms with E-state index in [4.69, 9.17) is 11.6 Å². The van der Waals surface area contributed by atoms with Gasteiger partial charge in [-0.25, -0.2) is 4.99 Å². The number of para-hydroxylation sites is 1. The average molecular weight is 383 g/mol. The van der Waals surface area contributed by atoms with Crippen molar-refractivity contribution in [1.29, 1.82) is 0 Å². The van der Waals surface area contributed by atoms with Gasteiger partial charge < -0.3 is 15.7 Å². The Balaban J connectivity index is 1.48. The van der Waals surface area contributed by atoms with Crippen molar-refractivity contribution in [3.05, 3.63) is 71.8 Å². The van der Waals surface area contributed by atoms with E-state index in [0.29, 0.717) is 16.7 Å². The first-order chi connectivity index (χ1) is 12.7. The number of hydrogen-bond donors (Lipinski definition) is 4. The second-order valence-corrected chi connectivity index (χ2v) is 6.91. The molecule has 0 amide bonds. The third-order valence-corrected chi connectivity index (χ3v) is 4.76. The summed E-state index contributed by atoms with van der Waals surface area (Å²) >= 11 is 7.30. The summed E-state index contributed by atoms with van der Waals surface area (Å²) in [5.41, 5.74) is 3.41. The van der Waals surface area contributed by atoms with Gasteiger partial charge in [0.25, 0.3) is 0 Å². The lowest BCUT2D eigenvalue weighted by Gasteiger charge is -2.18. The monoisotopic (exact) mass is 382 g/mol. The number of hydrogen-bond acceptors (Lipinski definition) is 6. The van der Waals surface area contributed by atoms with Crippen molar-refractivity contribution in [3.8, 4) is 5.75 Å². The van der Waals surface area contributed by atoms with Crippen LogP contribution in [-0.4, -0.2) is 11.1 Å². The Bertz CT molecular complexity index is 961. The minimum absolute atomic E-state index is 0.0585. The van der Waals surface area contributed by atoms with E-state index in [1.165, 1.54) is 18.0 Å². The normalized spacial score (nSPS) is 12.6. The largest absolute Gasteiger partial charge is 0.506 e. The van der Waals surface area contributed by atoms with E-state index in [1.807, 2.05) is 54.6 Å². The quantitative estimate of drug-likeness (QED) is 0.450. The van der Waals surface area contributed by atoms with Crippen molar-refractivity contribution in [2.45, 2.75) is 4.90 Å². The standard InChI is InChI=1S/C19H15ClN4OS/c20-12-10-16(25)18-17(11-12)26-24-19(23-18)22-15-8-6-14(7-9-15)21-13-4-2-1-3-5-13/h1-11,21,25H,(H2,22,23,24). The minimum Gasteiger partial charge on any atom is -0.506 e. The second-order valence-electron chi connectivity index (χ2n) is 5.63. The summed E-state index contributed by atoms with van der Waals surface area (Å²) in [6.07, 6.45) is 0. The highest BCUT2D eigenvalue weighted by Crippen LogP contribution is 2.41. The highest BCUT2D eigenvalue weighted by molar-refractivity contribution is 7.98. The summed E-state index contributed by atoms with van der Waals surface area (Å²) in [6, 6.07) is 21.1. The molecule has 4 N–H and O–H groups in total. The SMILES string of the molecule is Oc1cc(Cl)cc2c1N=C(Nc1ccc(Nc3ccccc3)cc1)NS2. The van der Waals surface area contributed by atoms with E-state index in [-0.39, 0.29) is 5.75 Å². The molecule has 0 aliphatic carbocycles. The van der Waals surface area contributed by atoms with Crippen LogP contribution in [0.15, 0.2) is 76.6 Å². The van der Waals surface area contributed by atoms with Crippen molar-refractivity contribution < 1.29 is 5.11 Å². The Kier molecular flexibility index (Phi) is 4.60. The van der Waals surface area contributed by atoms with Gasteiger partial charge in [0.05, 0.1) is 4.90 Å². The molecule has 7 heteroatoms. The molecule has 1 aliphatic rings. The number of anilines is 3. The Morgan fingerprint density at radius 2 is 1.54 bits per heavy atom. The fourth-order valence-electron chi connectivity index (χ4n) is 2.50. The lowest BCUT2D eigenvalue weighted by Crippen LogP contribution is -2.26. The lowest BCUT2D eigenvalue weighted by molar-refractivity contribution is 0.475. The number of rotatable bonds is 3. The van der Waals surface area contributed by atoms with Crippen LogP contribution in [0.1, 0.15) is 0 Å². The molecule has 4 rings (SSSR count). The smallest absolute Gasteiger partial charge is 0.211 e. The van der Waals surface area contributed by atoms with Crippen molar-refractivity contribution in [2.24, 2.45) is 4.99 Å². The highest BCUT2D eigenvalue weighted by Gasteiger charge is 2.17. The molecule has 130 valence electrons. The minimum atomic E-state index is 0.0585. The fourth-order valence-corrected chi connectivity index (χ4v) is 3.52. The van der Waals surface area contributed by atoms with Crippen LogP contribution in [0.5, 0.6) is 5.75 Å². The predicted octanol–water partition coefficient (Wildman–Crippen LogP) is 5.50. The van der Waals surface area contributed by atoms with E-state index < -0.39 is 0 Å². The number of nitrogens with zero attached hydrogens (tertiary/aromatic N) is 1. The number of phenols is 1. The second kappa shape index (κ2) is 7.19. The molecule has 0 atom stereocenters. The molecular formula is C19H15ClN4OS. The first-order valence-corrected chi connectivity index (χ1v) is 9.10. The molecule has 0 fully saturated rings. The maximum Gasteiger partial charge on any atom is 0.211 e. The first kappa shape index (κ1) is 16.6. The third kappa shape index (κ3) is 3.71. The third-order valence-electron chi connectivity index (χ3n) is 3.71. The molecule has 0 saturated carbocycles. The topological polar surface area (TPSA) is 68.7 Å². The Hall–Kier alpha value is -2.83. The molecule has 1 heterocycles. The zero-order chi connectivity index (χ0) is 17.9. The number of aliphatic imine (C=N–C) groups is 1. The van der Waals surface area contributed by atoms with Gasteiger partial charge in [-0.3, -0.25) is 4.72 Å². The summed E-state index contributed by atoms with van der Waals surface area (Å²) in [6.45, 7) is 0. The molecule has 5 nitrogen and oxygen atoms in total. The first-order valence-electron chi connectivity index (χ1n) is 7.90. The van der Waals surface area contributed by atoms with Gasteiger partial charge in [-0.2, -0.15) is 0 Å². The van der Waals surface area contributed by atoms with Crippen LogP contribution in [0.4, 0.5) is 22.7 Å². The van der Waals surface area contributed by atoms with Crippen molar-refractivity contribution in [1.82, 2.24) is 4.72 Å². The van der Waals surface area contributed by atoms with Gasteiger partial charge in [0.2, 0.25) is 5.96 Å². The van der Waals surface area contributed by atoms with E-state index >= 15 is 0 Å². The molecule has 0 spiro atoms. The van der Waals surface area contributed by atoms with Gasteiger partial charge in [-0.1, -0.05) is 29.8 Å². The molecule has 1 aliphatic heterocycles. The van der Waals surface area contributed by atoms with Crippen LogP contribution >= 0.6 is 23.5 Å². The van der Waals surface area contributed by atoms with Crippen LogP contribution in [0.2, 0.25) is 5.02 Å². The van der Waals surface area contributed by atoms with Crippen LogP contribution < -0.4 is 15.4 Å². The maximum absolute atomic E-state index is 10.0. The molecule has 0 radical (unpaired) electrons. The zero-order valence-electron chi connectivity index (χ0n) is 13.5. The fraction of sp³-hybridized carbons (Fsp3) is 0. The predicted molar refractivity (Wildman–Crippen MR) is 109 cm³/mol. The Labute approximate surface area is 160 Å². The van der Waals surface area contributed by atoms with Crippen LogP contribution in [-0.2, 0) is 0 Å². The van der Waals surface area contributed by atoms with Gasteiger partial charge in [-0.05, 0) is 54.4 Å². The van der Waals surface area contributed by atoms with Crippen LogP contribution in [0.3, 0.4) is 0 Å². The summed E-state index contributed by atoms with van der Waals surface area (Å²) in [4.78, 5) is 5.20. The Morgan fingerprint density at radius 3 is 2.27 bits per heavy atom. The number of benzene rings is 3. The molecule has 3 aromatic carbocycles. The van der Waals surface area contributed by atoms with Crippen molar-refractivity contribution >= 4 is 52.3 Å². The zero-order valence-corrected chi connectivity index (χ0v) is 15.1. The van der Waals surface area contributed by atoms with E-state index in [1.54, 1.807) is 6.07 Å². The average Bonchev–Trinajstić information content (AvgIpc) is 2.65. The number of aromatic hydroxyl groups is 1. The van der Waals surface area contributed by atoms with Crippen molar-refractivity contribution in [2.75, 3.05) is 10.6 Å².